The van der Waals surface area contributed by atoms with Crippen LogP contribution in [0.2, 0.25) is 0 Å². The first kappa shape index (κ1) is 29.2. The van der Waals surface area contributed by atoms with Gasteiger partial charge in [0, 0.05) is 48.4 Å². The van der Waals surface area contributed by atoms with E-state index in [1.54, 1.807) is 18.2 Å². The summed E-state index contributed by atoms with van der Waals surface area (Å²) in [6.45, 7) is 0.138. The fourth-order valence-corrected chi connectivity index (χ4v) is 4.67. The predicted molar refractivity (Wildman–Crippen MR) is 137 cm³/mol. The molecule has 2 atom stereocenters. The highest BCUT2D eigenvalue weighted by Crippen LogP contribution is 2.29. The van der Waals surface area contributed by atoms with Crippen LogP contribution in [0.3, 0.4) is 0 Å². The number of aromatic nitrogens is 2. The molecule has 4 rings (SSSR count). The van der Waals surface area contributed by atoms with Crippen molar-refractivity contribution in [2.75, 3.05) is 23.9 Å². The molecule has 0 bridgehead atoms. The Labute approximate surface area is 228 Å². The summed E-state index contributed by atoms with van der Waals surface area (Å²) < 4.78 is 83.4. The molecule has 0 saturated heterocycles. The smallest absolute Gasteiger partial charge is 0.389 e. The van der Waals surface area contributed by atoms with Crippen molar-refractivity contribution < 1.29 is 40.5 Å². The molecule has 0 spiro atoms. The van der Waals surface area contributed by atoms with E-state index in [4.69, 9.17) is 4.74 Å². The Morgan fingerprint density at radius 3 is 2.67 bits per heavy atom. The van der Waals surface area contributed by atoms with E-state index < -0.39 is 52.9 Å². The van der Waals surface area contributed by atoms with Gasteiger partial charge >= 0.3 is 6.18 Å². The van der Waals surface area contributed by atoms with E-state index in [1.165, 1.54) is 18.4 Å². The van der Waals surface area contributed by atoms with Crippen LogP contribution >= 0.6 is 0 Å². The number of halogens is 5. The van der Waals surface area contributed by atoms with Crippen molar-refractivity contribution in [3.63, 3.8) is 0 Å². The van der Waals surface area contributed by atoms with Crippen molar-refractivity contribution in [3.05, 3.63) is 70.9 Å². The summed E-state index contributed by atoms with van der Waals surface area (Å²) in [5, 5.41) is 9.70. The molecule has 40 heavy (non-hydrogen) atoms. The number of hydrogen-bond acceptors (Lipinski definition) is 5. The maximum absolute atomic E-state index is 14.0. The molecule has 3 aromatic rings. The molecular formula is C26H25F5N4O4S. The van der Waals surface area contributed by atoms with Gasteiger partial charge < -0.3 is 15.4 Å². The van der Waals surface area contributed by atoms with Crippen molar-refractivity contribution in [3.8, 4) is 11.4 Å². The molecule has 0 radical (unpaired) electrons. The van der Waals surface area contributed by atoms with Crippen LogP contribution in [0.1, 0.15) is 34.5 Å². The molecule has 0 aliphatic carbocycles. The second kappa shape index (κ2) is 12.1. The minimum atomic E-state index is -4.26. The quantitative estimate of drug-likeness (QED) is 0.350. The second-order valence-electron chi connectivity index (χ2n) is 9.22. The Balaban J connectivity index is 1.49. The van der Waals surface area contributed by atoms with Crippen LogP contribution in [0.15, 0.2) is 42.5 Å². The average Bonchev–Trinajstić information content (AvgIpc) is 3.22. The molecule has 2 amide bonds. The number of anilines is 1. The minimum absolute atomic E-state index is 0.0366. The molecule has 2 N–H and O–H groups in total. The Kier molecular flexibility index (Phi) is 8.86. The largest absolute Gasteiger partial charge is 0.494 e. The number of nitrogens with zero attached hydrogens (tertiary/aromatic N) is 2. The van der Waals surface area contributed by atoms with Gasteiger partial charge in [-0.2, -0.15) is 18.3 Å². The molecule has 2 aromatic carbocycles. The maximum Gasteiger partial charge on any atom is 0.389 e. The van der Waals surface area contributed by atoms with Crippen LogP contribution < -0.4 is 15.4 Å². The lowest BCUT2D eigenvalue weighted by Crippen LogP contribution is -2.42. The summed E-state index contributed by atoms with van der Waals surface area (Å²) in [7, 11) is -1.47. The molecule has 2 heterocycles. The normalized spacial score (nSPS) is 15.8. The van der Waals surface area contributed by atoms with Crippen LogP contribution in [0.4, 0.5) is 27.8 Å². The maximum atomic E-state index is 14.0. The summed E-state index contributed by atoms with van der Waals surface area (Å²) >= 11 is 0. The van der Waals surface area contributed by atoms with Crippen molar-refractivity contribution in [1.82, 2.24) is 15.1 Å². The van der Waals surface area contributed by atoms with Crippen molar-refractivity contribution >= 4 is 28.4 Å². The molecule has 1 aliphatic heterocycles. The number of aryl methyl sites for hydroxylation is 1. The Hall–Kier alpha value is -3.81. The van der Waals surface area contributed by atoms with E-state index in [9.17, 15) is 35.8 Å². The first-order valence-corrected chi connectivity index (χ1v) is 13.9. The van der Waals surface area contributed by atoms with Gasteiger partial charge in [-0.25, -0.2) is 13.5 Å². The number of amides is 2. The van der Waals surface area contributed by atoms with Crippen LogP contribution in [0.25, 0.3) is 5.69 Å². The number of benzene rings is 2. The van der Waals surface area contributed by atoms with Crippen LogP contribution in [0, 0.1) is 11.6 Å². The van der Waals surface area contributed by atoms with E-state index in [2.05, 4.69) is 15.7 Å². The van der Waals surface area contributed by atoms with Gasteiger partial charge in [0.25, 0.3) is 5.91 Å². The van der Waals surface area contributed by atoms with Crippen LogP contribution in [-0.2, 0) is 28.4 Å². The van der Waals surface area contributed by atoms with Gasteiger partial charge in [0.2, 0.25) is 5.91 Å². The Morgan fingerprint density at radius 2 is 1.98 bits per heavy atom. The summed E-state index contributed by atoms with van der Waals surface area (Å²) in [5.74, 6) is -3.49. The average molecular weight is 585 g/mol. The van der Waals surface area contributed by atoms with E-state index in [-0.39, 0.29) is 42.3 Å². The van der Waals surface area contributed by atoms with Gasteiger partial charge in [-0.05, 0) is 36.2 Å². The number of carbonyl (C=O) groups excluding carboxylic acids is 2. The highest BCUT2D eigenvalue weighted by Gasteiger charge is 2.33. The third kappa shape index (κ3) is 7.43. The lowest BCUT2D eigenvalue weighted by molar-refractivity contribution is -0.134. The molecule has 14 heteroatoms. The molecule has 0 saturated carbocycles. The Morgan fingerprint density at radius 1 is 1.20 bits per heavy atom. The minimum Gasteiger partial charge on any atom is -0.494 e. The molecule has 8 nitrogen and oxygen atoms in total. The Bertz CT molecular complexity index is 1440. The molecule has 1 aromatic heterocycles. The first-order valence-electron chi connectivity index (χ1n) is 12.2. The predicted octanol–water partition coefficient (Wildman–Crippen LogP) is 4.09. The van der Waals surface area contributed by atoms with Gasteiger partial charge in [-0.3, -0.25) is 13.8 Å². The van der Waals surface area contributed by atoms with E-state index in [0.717, 1.165) is 16.8 Å². The summed E-state index contributed by atoms with van der Waals surface area (Å²) in [6, 6.07) is 8.89. The van der Waals surface area contributed by atoms with Gasteiger partial charge in [-0.15, -0.1) is 0 Å². The number of alkyl halides is 3. The molecular weight excluding hydrogens is 559 g/mol. The van der Waals surface area contributed by atoms with Gasteiger partial charge in [0.05, 0.1) is 18.0 Å². The SMILES string of the molecule is CS(=O)CC(=O)Nc1c2c(nn1-c1ccc(F)c(F)c1)CC(CCOc1cccc(CCC(F)(F)F)c1)NC2=O. The van der Waals surface area contributed by atoms with E-state index in [1.807, 2.05) is 0 Å². The third-order valence-corrected chi connectivity index (χ3v) is 6.70. The van der Waals surface area contributed by atoms with Gasteiger partial charge in [-0.1, -0.05) is 12.1 Å². The number of nitrogens with one attached hydrogen (secondary N) is 2. The van der Waals surface area contributed by atoms with Gasteiger partial charge in [0.1, 0.15) is 22.9 Å². The number of carbonyl (C=O) groups is 2. The zero-order valence-electron chi connectivity index (χ0n) is 21.2. The zero-order chi connectivity index (χ0) is 29.0. The number of fused-ring (bicyclic) bond motifs is 1. The lowest BCUT2D eigenvalue weighted by atomic mass is 9.99. The molecule has 214 valence electrons. The molecule has 1 aliphatic rings. The lowest BCUT2D eigenvalue weighted by Gasteiger charge is -2.23. The highest BCUT2D eigenvalue weighted by molar-refractivity contribution is 7.85. The molecule has 2 unspecified atom stereocenters. The monoisotopic (exact) mass is 584 g/mol. The third-order valence-electron chi connectivity index (χ3n) is 6.03. The van der Waals surface area contributed by atoms with E-state index in [0.29, 0.717) is 23.4 Å². The summed E-state index contributed by atoms with van der Waals surface area (Å²) in [5.41, 5.74) is 0.865. The van der Waals surface area contributed by atoms with Crippen molar-refractivity contribution in [2.45, 2.75) is 37.9 Å². The van der Waals surface area contributed by atoms with Crippen LogP contribution in [-0.4, -0.2) is 56.6 Å². The van der Waals surface area contributed by atoms with Gasteiger partial charge in [0.15, 0.2) is 11.6 Å². The number of ether oxygens (including phenoxy) is 1. The summed E-state index contributed by atoms with van der Waals surface area (Å²) in [6.07, 6.45) is -3.50. The molecule has 0 fully saturated rings. The zero-order valence-corrected chi connectivity index (χ0v) is 22.0. The summed E-state index contributed by atoms with van der Waals surface area (Å²) in [4.78, 5) is 25.5. The second-order valence-corrected chi connectivity index (χ2v) is 10.7. The fourth-order valence-electron chi connectivity index (χ4n) is 4.23. The fraction of sp³-hybridized carbons (Fsp3) is 0.346. The van der Waals surface area contributed by atoms with Crippen molar-refractivity contribution in [1.29, 1.82) is 0 Å². The topological polar surface area (TPSA) is 102 Å². The van der Waals surface area contributed by atoms with Crippen molar-refractivity contribution in [2.24, 2.45) is 0 Å². The first-order chi connectivity index (χ1) is 18.9. The number of hydrogen-bond donors (Lipinski definition) is 2. The standard InChI is InChI=1S/C26H25F5N4O4S/c1-40(38)14-22(36)33-24-23-21(34-35(24)17-5-6-19(27)20(28)13-17)12-16(32-25(23)37)8-10-39-18-4-2-3-15(11-18)7-9-26(29,30)31/h2-6,11,13,16H,7-10,12,14H2,1H3,(H,32,37)(H,33,36). The number of rotatable bonds is 10. The highest BCUT2D eigenvalue weighted by atomic mass is 32.2. The van der Waals surface area contributed by atoms with E-state index >= 15 is 0 Å². The van der Waals surface area contributed by atoms with Crippen LogP contribution in [0.5, 0.6) is 5.75 Å².